The van der Waals surface area contributed by atoms with E-state index in [9.17, 15) is 4.79 Å². The Morgan fingerprint density at radius 1 is 1.14 bits per heavy atom. The van der Waals surface area contributed by atoms with Crippen molar-refractivity contribution in [3.63, 3.8) is 0 Å². The number of methoxy groups -OCH3 is 1. The highest BCUT2D eigenvalue weighted by molar-refractivity contribution is 5.90. The molecule has 3 fully saturated rings. The van der Waals surface area contributed by atoms with E-state index in [1.54, 1.807) is 7.11 Å². The van der Waals surface area contributed by atoms with E-state index in [1.165, 1.54) is 37.8 Å². The summed E-state index contributed by atoms with van der Waals surface area (Å²) < 4.78 is 5.21. The quantitative estimate of drug-likeness (QED) is 0.784. The molecule has 3 saturated heterocycles. The van der Waals surface area contributed by atoms with Crippen molar-refractivity contribution in [3.8, 4) is 5.75 Å². The average molecular weight is 382 g/mol. The number of nitrogens with one attached hydrogen (secondary N) is 1. The van der Waals surface area contributed by atoms with Gasteiger partial charge >= 0.3 is 6.03 Å². The second-order valence-electron chi connectivity index (χ2n) is 8.86. The van der Waals surface area contributed by atoms with E-state index >= 15 is 0 Å². The SMILES string of the molecule is COc1ccc(NC(=O)N2CCCC3=C[C@@H]4C[C@H](CN5CCCC[C@@H]45)[C@@H]32)cc1. The van der Waals surface area contributed by atoms with Crippen LogP contribution in [0.1, 0.15) is 38.5 Å². The molecule has 5 heteroatoms. The standard InChI is InChI=1S/C23H31N3O2/c1-28-20-9-7-19(8-10-20)24-23(27)26-12-4-5-16-13-17-14-18(22(16)26)15-25-11-3-2-6-21(17)25/h7-10,13,17-18,21-22H,2-6,11-12,14-15H2,1H3,(H,24,27)/t17-,18-,21+,22-/m1/s1. The summed E-state index contributed by atoms with van der Waals surface area (Å²) in [5.74, 6) is 2.09. The van der Waals surface area contributed by atoms with Gasteiger partial charge in [0.1, 0.15) is 5.75 Å². The molecule has 0 saturated carbocycles. The van der Waals surface area contributed by atoms with Crippen molar-refractivity contribution < 1.29 is 9.53 Å². The fraction of sp³-hybridized carbons (Fsp3) is 0.609. The number of piperidine rings is 3. The first kappa shape index (κ1) is 18.0. The molecular formula is C23H31N3O2. The number of hydrogen-bond donors (Lipinski definition) is 1. The molecule has 28 heavy (non-hydrogen) atoms. The number of ether oxygens (including phenoxy) is 1. The predicted molar refractivity (Wildman–Crippen MR) is 111 cm³/mol. The lowest BCUT2D eigenvalue weighted by atomic mass is 9.68. The van der Waals surface area contributed by atoms with Crippen LogP contribution in [0, 0.1) is 11.8 Å². The van der Waals surface area contributed by atoms with Crippen molar-refractivity contribution in [2.75, 3.05) is 32.1 Å². The van der Waals surface area contributed by atoms with Gasteiger partial charge in [0.2, 0.25) is 0 Å². The van der Waals surface area contributed by atoms with Gasteiger partial charge < -0.3 is 15.0 Å². The van der Waals surface area contributed by atoms with Crippen molar-refractivity contribution in [2.45, 2.75) is 50.6 Å². The minimum Gasteiger partial charge on any atom is -0.497 e. The minimum atomic E-state index is 0.0417. The smallest absolute Gasteiger partial charge is 0.322 e. The third kappa shape index (κ3) is 3.20. The molecule has 1 aliphatic carbocycles. The summed E-state index contributed by atoms with van der Waals surface area (Å²) in [7, 11) is 1.66. The third-order valence-electron chi connectivity index (χ3n) is 7.26. The first-order chi connectivity index (χ1) is 13.7. The summed E-state index contributed by atoms with van der Waals surface area (Å²) in [5, 5.41) is 3.12. The topological polar surface area (TPSA) is 44.8 Å². The van der Waals surface area contributed by atoms with E-state index in [1.807, 2.05) is 24.3 Å². The van der Waals surface area contributed by atoms with Gasteiger partial charge in [-0.2, -0.15) is 0 Å². The predicted octanol–water partition coefficient (Wildman–Crippen LogP) is 4.12. The van der Waals surface area contributed by atoms with E-state index < -0.39 is 0 Å². The number of benzene rings is 1. The highest BCUT2D eigenvalue weighted by atomic mass is 16.5. The molecule has 4 atom stereocenters. The highest BCUT2D eigenvalue weighted by Gasteiger charge is 2.46. The molecule has 3 heterocycles. The normalized spacial score (nSPS) is 32.0. The van der Waals surface area contributed by atoms with Gasteiger partial charge in [0.05, 0.1) is 13.2 Å². The van der Waals surface area contributed by atoms with Gasteiger partial charge in [-0.3, -0.25) is 4.90 Å². The summed E-state index contributed by atoms with van der Waals surface area (Å²) >= 11 is 0. The van der Waals surface area contributed by atoms with E-state index in [2.05, 4.69) is 21.2 Å². The zero-order valence-electron chi connectivity index (χ0n) is 16.8. The summed E-state index contributed by atoms with van der Waals surface area (Å²) in [6, 6.07) is 8.67. The summed E-state index contributed by atoms with van der Waals surface area (Å²) in [6.45, 7) is 3.26. The van der Waals surface area contributed by atoms with E-state index in [-0.39, 0.29) is 12.1 Å². The zero-order chi connectivity index (χ0) is 19.1. The van der Waals surface area contributed by atoms with Gasteiger partial charge in [-0.1, -0.05) is 18.1 Å². The highest BCUT2D eigenvalue weighted by Crippen LogP contribution is 2.45. The Kier molecular flexibility index (Phi) is 4.79. The van der Waals surface area contributed by atoms with Crippen LogP contribution in [0.5, 0.6) is 5.75 Å². The molecule has 1 aromatic rings. The number of anilines is 1. The molecule has 4 aliphatic rings. The van der Waals surface area contributed by atoms with Crippen LogP contribution in [0.4, 0.5) is 10.5 Å². The molecule has 3 aliphatic heterocycles. The molecule has 150 valence electrons. The summed E-state index contributed by atoms with van der Waals surface area (Å²) in [6.07, 6.45) is 10.1. The van der Waals surface area contributed by atoms with Crippen LogP contribution in [0.2, 0.25) is 0 Å². The molecule has 2 amide bonds. The largest absolute Gasteiger partial charge is 0.497 e. The molecule has 1 N–H and O–H groups in total. The van der Waals surface area contributed by atoms with Crippen molar-refractivity contribution in [1.82, 2.24) is 9.80 Å². The average Bonchev–Trinajstić information content (AvgIpc) is 2.74. The molecule has 0 aromatic heterocycles. The van der Waals surface area contributed by atoms with Gasteiger partial charge in [-0.15, -0.1) is 0 Å². The van der Waals surface area contributed by atoms with Crippen LogP contribution in [0.15, 0.2) is 35.9 Å². The Morgan fingerprint density at radius 3 is 2.82 bits per heavy atom. The Balaban J connectivity index is 1.35. The number of likely N-dealkylation sites (tertiary alicyclic amines) is 1. The maximum Gasteiger partial charge on any atom is 0.322 e. The first-order valence-corrected chi connectivity index (χ1v) is 10.9. The molecule has 1 aromatic carbocycles. The number of carbonyl (C=O) groups excluding carboxylic acids is 1. The van der Waals surface area contributed by atoms with Gasteiger partial charge in [-0.25, -0.2) is 4.79 Å². The van der Waals surface area contributed by atoms with E-state index in [0.29, 0.717) is 11.8 Å². The fourth-order valence-corrected chi connectivity index (χ4v) is 6.07. The molecule has 0 unspecified atom stereocenters. The van der Waals surface area contributed by atoms with Crippen LogP contribution in [-0.2, 0) is 0 Å². The summed E-state index contributed by atoms with van der Waals surface area (Å²) in [4.78, 5) is 18.0. The van der Waals surface area contributed by atoms with Crippen LogP contribution < -0.4 is 10.1 Å². The maximum absolute atomic E-state index is 13.2. The lowest BCUT2D eigenvalue weighted by molar-refractivity contribution is 0.00908. The number of amides is 2. The number of rotatable bonds is 2. The lowest BCUT2D eigenvalue weighted by Gasteiger charge is -2.54. The second kappa shape index (κ2) is 7.43. The van der Waals surface area contributed by atoms with Gasteiger partial charge in [0.25, 0.3) is 0 Å². The van der Waals surface area contributed by atoms with Crippen LogP contribution in [0.25, 0.3) is 0 Å². The second-order valence-corrected chi connectivity index (χ2v) is 8.86. The number of fused-ring (bicyclic) bond motifs is 6. The minimum absolute atomic E-state index is 0.0417. The number of carbonyl (C=O) groups is 1. The van der Waals surface area contributed by atoms with Gasteiger partial charge in [0, 0.05) is 24.8 Å². The van der Waals surface area contributed by atoms with Gasteiger partial charge in [0.15, 0.2) is 0 Å². The summed E-state index contributed by atoms with van der Waals surface area (Å²) in [5.41, 5.74) is 2.36. The lowest BCUT2D eigenvalue weighted by Crippen LogP contribution is -2.60. The molecule has 2 bridgehead atoms. The molecule has 0 radical (unpaired) electrons. The van der Waals surface area contributed by atoms with Crippen molar-refractivity contribution >= 4 is 11.7 Å². The molecule has 5 rings (SSSR count). The third-order valence-corrected chi connectivity index (χ3v) is 7.26. The monoisotopic (exact) mass is 381 g/mol. The maximum atomic E-state index is 13.2. The Bertz CT molecular complexity index is 760. The first-order valence-electron chi connectivity index (χ1n) is 10.9. The molecule has 0 spiro atoms. The van der Waals surface area contributed by atoms with Crippen molar-refractivity contribution in [2.24, 2.45) is 11.8 Å². The van der Waals surface area contributed by atoms with Crippen LogP contribution in [-0.4, -0.2) is 54.7 Å². The van der Waals surface area contributed by atoms with Crippen molar-refractivity contribution in [1.29, 1.82) is 0 Å². The van der Waals surface area contributed by atoms with Crippen LogP contribution >= 0.6 is 0 Å². The number of urea groups is 1. The van der Waals surface area contributed by atoms with E-state index in [0.717, 1.165) is 43.4 Å². The number of nitrogens with zero attached hydrogens (tertiary/aromatic N) is 2. The van der Waals surface area contributed by atoms with Gasteiger partial charge in [-0.05, 0) is 74.8 Å². The molecule has 5 nitrogen and oxygen atoms in total. The van der Waals surface area contributed by atoms with Crippen molar-refractivity contribution in [3.05, 3.63) is 35.9 Å². The Labute approximate surface area is 167 Å². The van der Waals surface area contributed by atoms with Crippen LogP contribution in [0.3, 0.4) is 0 Å². The molecular weight excluding hydrogens is 350 g/mol. The number of hydrogen-bond acceptors (Lipinski definition) is 3. The Morgan fingerprint density at radius 2 is 2.00 bits per heavy atom. The fourth-order valence-electron chi connectivity index (χ4n) is 6.07. The zero-order valence-corrected chi connectivity index (χ0v) is 16.8. The van der Waals surface area contributed by atoms with E-state index in [4.69, 9.17) is 4.74 Å². The Hall–Kier alpha value is -2.01.